The Balaban J connectivity index is 1.82. The maximum Gasteiger partial charge on any atom is 0.124 e. The number of aromatic hydroxyl groups is 1. The molecule has 6 aromatic carbocycles. The topological polar surface area (TPSA) is 20.2 Å². The molecule has 0 aliphatic rings. The quantitative estimate of drug-likeness (QED) is 0.198. The Morgan fingerprint density at radius 3 is 0.902 bits per heavy atom. The van der Waals surface area contributed by atoms with Crippen LogP contribution >= 0.6 is 0 Å². The highest BCUT2D eigenvalue weighted by Gasteiger charge is 2.27. The Morgan fingerprint density at radius 1 is 0.314 bits per heavy atom. The van der Waals surface area contributed by atoms with Crippen LogP contribution in [0.3, 0.4) is 0 Å². The van der Waals surface area contributed by atoms with Crippen molar-refractivity contribution in [1.82, 2.24) is 0 Å². The Morgan fingerprint density at radius 2 is 0.588 bits per heavy atom. The fourth-order valence-electron chi connectivity index (χ4n) is 7.23. The van der Waals surface area contributed by atoms with Crippen LogP contribution in [0.4, 0.5) is 0 Å². The predicted octanol–water partition coefficient (Wildman–Crippen LogP) is 14.4. The van der Waals surface area contributed by atoms with Crippen LogP contribution in [0.25, 0.3) is 55.3 Å². The summed E-state index contributed by atoms with van der Waals surface area (Å²) in [5, 5.41) is 13.8. The van der Waals surface area contributed by atoms with E-state index in [9.17, 15) is 5.11 Å². The van der Waals surface area contributed by atoms with Gasteiger partial charge in [0.1, 0.15) is 5.75 Å². The van der Waals surface area contributed by atoms with E-state index in [1.165, 1.54) is 27.8 Å². The minimum absolute atomic E-state index is 0.0252. The summed E-state index contributed by atoms with van der Waals surface area (Å²) in [7, 11) is 0. The molecule has 0 amide bonds. The SMILES string of the molecule is CC(C)(C)c1ccc(-c2c(-c3ccc(C(C)(C)C)cc3)c(-c3ccc(C(C)(C)C)cc3)c3c(O)cccc3c2-c2ccc(C(C)(C)C)cc2)cc1. The standard InChI is InChI=1S/C50H56O/c1-47(2,3)36-24-16-32(17-25-36)42-40-14-13-15-41(51)46(40)45(35-22-30-39(31-23-35)50(10,11)12)44(34-20-28-38(29-21-34)49(7,8)9)43(42)33-18-26-37(27-19-33)48(4,5)6/h13-31,51H,1-12H3. The molecule has 51 heavy (non-hydrogen) atoms. The third kappa shape index (κ3) is 7.14. The van der Waals surface area contributed by atoms with Crippen LogP contribution in [0.2, 0.25) is 0 Å². The molecule has 0 spiro atoms. The summed E-state index contributed by atoms with van der Waals surface area (Å²) < 4.78 is 0. The lowest BCUT2D eigenvalue weighted by molar-refractivity contribution is 0.482. The van der Waals surface area contributed by atoms with Gasteiger partial charge in [0.15, 0.2) is 0 Å². The van der Waals surface area contributed by atoms with E-state index in [4.69, 9.17) is 0 Å². The van der Waals surface area contributed by atoms with E-state index >= 15 is 0 Å². The van der Waals surface area contributed by atoms with Gasteiger partial charge in [0.05, 0.1) is 0 Å². The maximum atomic E-state index is 11.9. The van der Waals surface area contributed by atoms with Crippen molar-refractivity contribution in [2.75, 3.05) is 0 Å². The number of rotatable bonds is 4. The summed E-state index contributed by atoms with van der Waals surface area (Å²) in [5.41, 5.74) is 14.3. The summed E-state index contributed by atoms with van der Waals surface area (Å²) in [4.78, 5) is 0. The highest BCUT2D eigenvalue weighted by atomic mass is 16.3. The van der Waals surface area contributed by atoms with Gasteiger partial charge < -0.3 is 5.11 Å². The third-order valence-electron chi connectivity index (χ3n) is 10.5. The lowest BCUT2D eigenvalue weighted by atomic mass is 9.76. The van der Waals surface area contributed by atoms with E-state index in [1.54, 1.807) is 0 Å². The van der Waals surface area contributed by atoms with Crippen molar-refractivity contribution in [3.05, 3.63) is 138 Å². The molecule has 1 N–H and O–H groups in total. The fourth-order valence-corrected chi connectivity index (χ4v) is 7.23. The zero-order valence-corrected chi connectivity index (χ0v) is 32.9. The molecule has 0 radical (unpaired) electrons. The van der Waals surface area contributed by atoms with Gasteiger partial charge in [-0.2, -0.15) is 0 Å². The Labute approximate surface area is 307 Å². The molecule has 0 fully saturated rings. The van der Waals surface area contributed by atoms with Gasteiger partial charge in [-0.15, -0.1) is 0 Å². The predicted molar refractivity (Wildman–Crippen MR) is 222 cm³/mol. The van der Waals surface area contributed by atoms with E-state index in [0.29, 0.717) is 0 Å². The average Bonchev–Trinajstić information content (AvgIpc) is 3.06. The van der Waals surface area contributed by atoms with E-state index in [-0.39, 0.29) is 27.4 Å². The van der Waals surface area contributed by atoms with Crippen molar-refractivity contribution in [3.8, 4) is 50.3 Å². The normalized spacial score (nSPS) is 12.8. The number of benzene rings is 6. The van der Waals surface area contributed by atoms with Gasteiger partial charge in [0, 0.05) is 10.9 Å². The number of hydrogen-bond acceptors (Lipinski definition) is 1. The first-order chi connectivity index (χ1) is 23.7. The molecule has 0 atom stereocenters. The lowest BCUT2D eigenvalue weighted by Crippen LogP contribution is -2.11. The highest BCUT2D eigenvalue weighted by molar-refractivity contribution is 6.19. The Hall–Kier alpha value is -4.62. The first kappa shape index (κ1) is 36.2. The van der Waals surface area contributed by atoms with Crippen molar-refractivity contribution in [1.29, 1.82) is 0 Å². The fraction of sp³-hybridized carbons (Fsp3) is 0.320. The van der Waals surface area contributed by atoms with Gasteiger partial charge in [-0.3, -0.25) is 0 Å². The molecule has 0 saturated heterocycles. The summed E-state index contributed by atoms with van der Waals surface area (Å²) in [6.45, 7) is 27.1. The zero-order valence-electron chi connectivity index (χ0n) is 32.9. The van der Waals surface area contributed by atoms with E-state index in [2.05, 4.69) is 186 Å². The summed E-state index contributed by atoms with van der Waals surface area (Å²) in [6.07, 6.45) is 0. The van der Waals surface area contributed by atoms with Crippen molar-refractivity contribution < 1.29 is 5.11 Å². The smallest absolute Gasteiger partial charge is 0.124 e. The second-order valence-corrected chi connectivity index (χ2v) is 18.5. The number of phenolic OH excluding ortho intramolecular Hbond substituents is 1. The highest BCUT2D eigenvalue weighted by Crippen LogP contribution is 2.53. The molecule has 262 valence electrons. The van der Waals surface area contributed by atoms with Crippen LogP contribution in [-0.4, -0.2) is 5.11 Å². The van der Waals surface area contributed by atoms with Crippen LogP contribution in [0.15, 0.2) is 115 Å². The van der Waals surface area contributed by atoms with Crippen LogP contribution in [0.5, 0.6) is 5.75 Å². The second-order valence-electron chi connectivity index (χ2n) is 18.5. The molecule has 6 aromatic rings. The van der Waals surface area contributed by atoms with Gasteiger partial charge in [0.2, 0.25) is 0 Å². The van der Waals surface area contributed by atoms with Gasteiger partial charge in [-0.25, -0.2) is 0 Å². The third-order valence-corrected chi connectivity index (χ3v) is 10.5. The largest absolute Gasteiger partial charge is 0.507 e. The number of phenols is 1. The molecule has 0 aliphatic carbocycles. The molecule has 0 aromatic heterocycles. The van der Waals surface area contributed by atoms with Gasteiger partial charge in [-0.1, -0.05) is 192 Å². The van der Waals surface area contributed by atoms with Crippen molar-refractivity contribution >= 4 is 10.8 Å². The van der Waals surface area contributed by atoms with Crippen molar-refractivity contribution in [2.45, 2.75) is 105 Å². The molecule has 1 nitrogen and oxygen atoms in total. The molecule has 0 heterocycles. The van der Waals surface area contributed by atoms with E-state index < -0.39 is 0 Å². The molecular weight excluding hydrogens is 617 g/mol. The first-order valence-electron chi connectivity index (χ1n) is 18.5. The van der Waals surface area contributed by atoms with Gasteiger partial charge in [0.25, 0.3) is 0 Å². The van der Waals surface area contributed by atoms with E-state index in [0.717, 1.165) is 49.7 Å². The molecule has 0 saturated carbocycles. The van der Waals surface area contributed by atoms with Crippen molar-refractivity contribution in [3.63, 3.8) is 0 Å². The van der Waals surface area contributed by atoms with Crippen LogP contribution in [-0.2, 0) is 21.7 Å². The summed E-state index contributed by atoms with van der Waals surface area (Å²) in [5.74, 6) is 0.289. The molecule has 0 unspecified atom stereocenters. The Kier molecular flexibility index (Phi) is 9.12. The van der Waals surface area contributed by atoms with Gasteiger partial charge in [-0.05, 0) is 94.3 Å². The summed E-state index contributed by atoms with van der Waals surface area (Å²) >= 11 is 0. The lowest BCUT2D eigenvalue weighted by Gasteiger charge is -2.27. The van der Waals surface area contributed by atoms with Crippen LogP contribution in [0, 0.1) is 0 Å². The monoisotopic (exact) mass is 672 g/mol. The Bertz CT molecular complexity index is 2170. The molecule has 0 bridgehead atoms. The second kappa shape index (κ2) is 12.9. The molecule has 1 heteroatoms. The number of hydrogen-bond donors (Lipinski definition) is 1. The van der Waals surface area contributed by atoms with Crippen LogP contribution in [0.1, 0.15) is 105 Å². The van der Waals surface area contributed by atoms with Crippen molar-refractivity contribution in [2.24, 2.45) is 0 Å². The summed E-state index contributed by atoms with van der Waals surface area (Å²) in [6, 6.07) is 42.4. The maximum absolute atomic E-state index is 11.9. The number of fused-ring (bicyclic) bond motifs is 1. The van der Waals surface area contributed by atoms with E-state index in [1.807, 2.05) is 12.1 Å². The van der Waals surface area contributed by atoms with Gasteiger partial charge >= 0.3 is 0 Å². The molecule has 6 rings (SSSR count). The first-order valence-corrected chi connectivity index (χ1v) is 18.5. The minimum Gasteiger partial charge on any atom is -0.507 e. The molecule has 0 aliphatic heterocycles. The minimum atomic E-state index is 0.0252. The molecular formula is C50H56O. The van der Waals surface area contributed by atoms with Crippen LogP contribution < -0.4 is 0 Å². The average molecular weight is 673 g/mol. The zero-order chi connectivity index (χ0) is 37.1.